The predicted octanol–water partition coefficient (Wildman–Crippen LogP) is 4.56. The van der Waals surface area contributed by atoms with E-state index in [1.165, 1.54) is 15.3 Å². The van der Waals surface area contributed by atoms with E-state index in [-0.39, 0.29) is 0 Å². The highest BCUT2D eigenvalue weighted by Gasteiger charge is 2.05. The quantitative estimate of drug-likeness (QED) is 0.855. The van der Waals surface area contributed by atoms with E-state index in [0.29, 0.717) is 6.04 Å². The van der Waals surface area contributed by atoms with Crippen LogP contribution in [0.4, 0.5) is 0 Å². The molecular weight excluding hydrogens is 250 g/mol. The van der Waals surface area contributed by atoms with Gasteiger partial charge in [0, 0.05) is 27.4 Å². The van der Waals surface area contributed by atoms with Gasteiger partial charge in [-0.2, -0.15) is 0 Å². The van der Waals surface area contributed by atoms with E-state index >= 15 is 0 Å². The van der Waals surface area contributed by atoms with Crippen LogP contribution in [0.5, 0.6) is 0 Å². The Bertz CT molecular complexity index is 475. The Kier molecular flexibility index (Phi) is 4.21. The molecule has 2 rings (SSSR count). The van der Waals surface area contributed by atoms with Gasteiger partial charge in [-0.05, 0) is 43.7 Å². The van der Waals surface area contributed by atoms with Crippen molar-refractivity contribution in [2.45, 2.75) is 26.4 Å². The Balaban J connectivity index is 1.93. The number of rotatable bonds is 4. The first-order valence-electron chi connectivity index (χ1n) is 5.69. The predicted molar refractivity (Wildman–Crippen MR) is 75.8 cm³/mol. The highest BCUT2D eigenvalue weighted by atomic mass is 35.5. The topological polar surface area (TPSA) is 12.0 Å². The molecule has 0 aliphatic heterocycles. The lowest BCUT2D eigenvalue weighted by Crippen LogP contribution is -2.17. The fourth-order valence-corrected chi connectivity index (χ4v) is 2.67. The van der Waals surface area contributed by atoms with E-state index in [4.69, 9.17) is 11.6 Å². The minimum absolute atomic E-state index is 0.342. The molecule has 1 N–H and O–H groups in total. The molecule has 1 unspecified atom stereocenters. The summed E-state index contributed by atoms with van der Waals surface area (Å²) in [5, 5.41) is 4.30. The summed E-state index contributed by atoms with van der Waals surface area (Å²) in [6.45, 7) is 5.22. The van der Waals surface area contributed by atoms with Crippen LogP contribution in [0.2, 0.25) is 5.02 Å². The SMILES string of the molecule is Cc1ccc(CNC(C)c2ccc(Cl)cc2)s1. The van der Waals surface area contributed by atoms with Crippen molar-refractivity contribution in [1.82, 2.24) is 5.32 Å². The van der Waals surface area contributed by atoms with Crippen LogP contribution < -0.4 is 5.32 Å². The van der Waals surface area contributed by atoms with E-state index in [0.717, 1.165) is 11.6 Å². The first-order chi connectivity index (χ1) is 8.15. The largest absolute Gasteiger partial charge is 0.305 e. The Morgan fingerprint density at radius 2 is 1.88 bits per heavy atom. The van der Waals surface area contributed by atoms with Gasteiger partial charge in [0.1, 0.15) is 0 Å². The van der Waals surface area contributed by atoms with E-state index in [1.54, 1.807) is 0 Å². The van der Waals surface area contributed by atoms with Crippen LogP contribution in [-0.4, -0.2) is 0 Å². The number of benzene rings is 1. The second-order valence-corrected chi connectivity index (χ2v) is 5.98. The van der Waals surface area contributed by atoms with Crippen LogP contribution in [-0.2, 0) is 6.54 Å². The molecule has 0 aliphatic carbocycles. The fourth-order valence-electron chi connectivity index (χ4n) is 1.70. The molecule has 0 spiro atoms. The summed E-state index contributed by atoms with van der Waals surface area (Å²) < 4.78 is 0. The zero-order valence-corrected chi connectivity index (χ0v) is 11.6. The molecule has 0 radical (unpaired) electrons. The number of nitrogens with one attached hydrogen (secondary N) is 1. The van der Waals surface area contributed by atoms with Crippen LogP contribution in [0, 0.1) is 6.92 Å². The van der Waals surface area contributed by atoms with Crippen LogP contribution >= 0.6 is 22.9 Å². The fraction of sp³-hybridized carbons (Fsp3) is 0.286. The molecule has 90 valence electrons. The third-order valence-electron chi connectivity index (χ3n) is 2.75. The van der Waals surface area contributed by atoms with Gasteiger partial charge in [-0.25, -0.2) is 0 Å². The van der Waals surface area contributed by atoms with Crippen molar-refractivity contribution in [1.29, 1.82) is 0 Å². The van der Waals surface area contributed by atoms with Crippen molar-refractivity contribution < 1.29 is 0 Å². The average Bonchev–Trinajstić information content (AvgIpc) is 2.73. The molecule has 17 heavy (non-hydrogen) atoms. The third-order valence-corrected chi connectivity index (χ3v) is 4.00. The molecule has 0 saturated carbocycles. The molecule has 2 aromatic rings. The lowest BCUT2D eigenvalue weighted by Gasteiger charge is -2.13. The maximum Gasteiger partial charge on any atom is 0.0406 e. The van der Waals surface area contributed by atoms with Crippen molar-refractivity contribution in [2.24, 2.45) is 0 Å². The highest BCUT2D eigenvalue weighted by Crippen LogP contribution is 2.19. The maximum atomic E-state index is 5.87. The molecule has 0 fully saturated rings. The molecule has 3 heteroatoms. The van der Waals surface area contributed by atoms with Crippen molar-refractivity contribution >= 4 is 22.9 Å². The number of hydrogen-bond acceptors (Lipinski definition) is 2. The second kappa shape index (κ2) is 5.67. The molecule has 1 aromatic carbocycles. The minimum atomic E-state index is 0.342. The zero-order valence-electron chi connectivity index (χ0n) is 10.0. The van der Waals surface area contributed by atoms with Crippen LogP contribution in [0.25, 0.3) is 0 Å². The molecule has 0 saturated heterocycles. The molecule has 0 amide bonds. The molecule has 0 bridgehead atoms. The summed E-state index contributed by atoms with van der Waals surface area (Å²) in [6, 6.07) is 12.7. The van der Waals surface area contributed by atoms with Crippen LogP contribution in [0.3, 0.4) is 0 Å². The smallest absolute Gasteiger partial charge is 0.0406 e. The Morgan fingerprint density at radius 1 is 1.18 bits per heavy atom. The van der Waals surface area contributed by atoms with Gasteiger partial charge in [-0.3, -0.25) is 0 Å². The van der Waals surface area contributed by atoms with Gasteiger partial charge in [-0.1, -0.05) is 23.7 Å². The summed E-state index contributed by atoms with van der Waals surface area (Å²) in [5.74, 6) is 0. The second-order valence-electron chi connectivity index (χ2n) is 4.17. The number of hydrogen-bond donors (Lipinski definition) is 1. The Hall–Kier alpha value is -0.830. The van der Waals surface area contributed by atoms with Crippen LogP contribution in [0.15, 0.2) is 36.4 Å². The van der Waals surface area contributed by atoms with Crippen molar-refractivity contribution in [3.63, 3.8) is 0 Å². The average molecular weight is 266 g/mol. The standard InChI is InChI=1S/C14H16ClNS/c1-10-3-8-14(17-10)9-16-11(2)12-4-6-13(15)7-5-12/h3-8,11,16H,9H2,1-2H3. The number of aryl methyl sites for hydroxylation is 1. The highest BCUT2D eigenvalue weighted by molar-refractivity contribution is 7.11. The molecule has 1 nitrogen and oxygen atoms in total. The zero-order chi connectivity index (χ0) is 12.3. The third kappa shape index (κ3) is 3.56. The summed E-state index contributed by atoms with van der Waals surface area (Å²) in [5.41, 5.74) is 1.27. The molecule has 1 atom stereocenters. The van der Waals surface area contributed by atoms with Gasteiger partial charge in [0.25, 0.3) is 0 Å². The van der Waals surface area contributed by atoms with Gasteiger partial charge in [-0.15, -0.1) is 11.3 Å². The van der Waals surface area contributed by atoms with Gasteiger partial charge in [0.15, 0.2) is 0 Å². The molecule has 0 aliphatic rings. The maximum absolute atomic E-state index is 5.87. The van der Waals surface area contributed by atoms with Gasteiger partial charge in [0.05, 0.1) is 0 Å². The van der Waals surface area contributed by atoms with Crippen LogP contribution in [0.1, 0.15) is 28.3 Å². The molecule has 1 heterocycles. The van der Waals surface area contributed by atoms with Gasteiger partial charge < -0.3 is 5.32 Å². The normalized spacial score (nSPS) is 12.6. The lowest BCUT2D eigenvalue weighted by molar-refractivity contribution is 0.579. The molecular formula is C14H16ClNS. The Labute approximate surface area is 111 Å². The van der Waals surface area contributed by atoms with E-state index in [1.807, 2.05) is 23.5 Å². The van der Waals surface area contributed by atoms with E-state index in [9.17, 15) is 0 Å². The summed E-state index contributed by atoms with van der Waals surface area (Å²) in [7, 11) is 0. The molecule has 1 aromatic heterocycles. The summed E-state index contributed by atoms with van der Waals surface area (Å²) >= 11 is 7.72. The van der Waals surface area contributed by atoms with E-state index in [2.05, 4.69) is 43.4 Å². The monoisotopic (exact) mass is 265 g/mol. The first kappa shape index (κ1) is 12.6. The number of halogens is 1. The van der Waals surface area contributed by atoms with E-state index < -0.39 is 0 Å². The lowest BCUT2D eigenvalue weighted by atomic mass is 10.1. The van der Waals surface area contributed by atoms with Gasteiger partial charge >= 0.3 is 0 Å². The van der Waals surface area contributed by atoms with Crippen molar-refractivity contribution in [3.8, 4) is 0 Å². The summed E-state index contributed by atoms with van der Waals surface area (Å²) in [4.78, 5) is 2.74. The van der Waals surface area contributed by atoms with Gasteiger partial charge in [0.2, 0.25) is 0 Å². The minimum Gasteiger partial charge on any atom is -0.305 e. The summed E-state index contributed by atoms with van der Waals surface area (Å²) in [6.07, 6.45) is 0. The Morgan fingerprint density at radius 3 is 2.47 bits per heavy atom. The first-order valence-corrected chi connectivity index (χ1v) is 6.89. The van der Waals surface area contributed by atoms with Crippen molar-refractivity contribution in [3.05, 3.63) is 56.7 Å². The van der Waals surface area contributed by atoms with Crippen molar-refractivity contribution in [2.75, 3.05) is 0 Å². The number of thiophene rings is 1.